The summed E-state index contributed by atoms with van der Waals surface area (Å²) in [4.78, 5) is 0. The standard InChI is InChI=1S/C37H44/c1-22-11-25(4)35(26(5)12-22)20-33-15-29(8)37(30(9)16-33)21-34-17-27(6)36(28(7)18-34)19-32-13-23(2)31(10)24(3)14-32/h11-18H,19-21H2,1-10H3. The van der Waals surface area contributed by atoms with E-state index in [-0.39, 0.29) is 0 Å². The zero-order valence-corrected chi connectivity index (χ0v) is 24.7. The topological polar surface area (TPSA) is 0 Å². The Morgan fingerprint density at radius 2 is 0.568 bits per heavy atom. The second-order valence-electron chi connectivity index (χ2n) is 11.7. The lowest BCUT2D eigenvalue weighted by Gasteiger charge is -2.18. The Morgan fingerprint density at radius 3 is 0.865 bits per heavy atom. The van der Waals surface area contributed by atoms with Gasteiger partial charge in [-0.3, -0.25) is 0 Å². The minimum absolute atomic E-state index is 0.991. The quantitative estimate of drug-likeness (QED) is 0.253. The lowest BCUT2D eigenvalue weighted by molar-refractivity contribution is 1.05. The van der Waals surface area contributed by atoms with E-state index in [1.54, 1.807) is 0 Å². The third kappa shape index (κ3) is 5.90. The van der Waals surface area contributed by atoms with Gasteiger partial charge in [-0.1, -0.05) is 54.1 Å². The molecule has 0 saturated heterocycles. The van der Waals surface area contributed by atoms with Gasteiger partial charge < -0.3 is 0 Å². The summed E-state index contributed by atoms with van der Waals surface area (Å²) in [7, 11) is 0. The fraction of sp³-hybridized carbons (Fsp3) is 0.351. The van der Waals surface area contributed by atoms with Crippen molar-refractivity contribution >= 4 is 0 Å². The Hall–Kier alpha value is -3.12. The van der Waals surface area contributed by atoms with E-state index < -0.39 is 0 Å². The molecule has 4 rings (SSSR count). The molecule has 4 aromatic carbocycles. The largest absolute Gasteiger partial charge is 0.0561 e. The van der Waals surface area contributed by atoms with Crippen molar-refractivity contribution in [3.63, 3.8) is 0 Å². The molecule has 0 heterocycles. The molecule has 192 valence electrons. The normalized spacial score (nSPS) is 11.3. The maximum atomic E-state index is 2.42. The summed E-state index contributed by atoms with van der Waals surface area (Å²) >= 11 is 0. The van der Waals surface area contributed by atoms with Crippen molar-refractivity contribution in [2.24, 2.45) is 0 Å². The Morgan fingerprint density at radius 1 is 0.324 bits per heavy atom. The van der Waals surface area contributed by atoms with Gasteiger partial charge in [0.25, 0.3) is 0 Å². The first kappa shape index (κ1) is 26.9. The van der Waals surface area contributed by atoms with E-state index in [4.69, 9.17) is 0 Å². The van der Waals surface area contributed by atoms with Gasteiger partial charge in [0.1, 0.15) is 0 Å². The fourth-order valence-corrected chi connectivity index (χ4v) is 6.26. The summed E-state index contributed by atoms with van der Waals surface area (Å²) < 4.78 is 0. The summed E-state index contributed by atoms with van der Waals surface area (Å²) in [5.41, 5.74) is 22.6. The summed E-state index contributed by atoms with van der Waals surface area (Å²) in [5, 5.41) is 0. The van der Waals surface area contributed by atoms with E-state index in [9.17, 15) is 0 Å². The van der Waals surface area contributed by atoms with Crippen LogP contribution >= 0.6 is 0 Å². The molecule has 0 N–H and O–H groups in total. The van der Waals surface area contributed by atoms with Crippen molar-refractivity contribution in [2.45, 2.75) is 88.5 Å². The van der Waals surface area contributed by atoms with Crippen molar-refractivity contribution in [3.8, 4) is 0 Å². The average Bonchev–Trinajstić information content (AvgIpc) is 2.79. The van der Waals surface area contributed by atoms with E-state index in [0.717, 1.165) is 19.3 Å². The molecule has 4 aromatic rings. The molecule has 0 saturated carbocycles. The van der Waals surface area contributed by atoms with Crippen LogP contribution in [0.2, 0.25) is 0 Å². The van der Waals surface area contributed by atoms with Crippen molar-refractivity contribution < 1.29 is 0 Å². The van der Waals surface area contributed by atoms with E-state index in [2.05, 4.69) is 118 Å². The summed E-state index contributed by atoms with van der Waals surface area (Å²) in [6, 6.07) is 19.0. The van der Waals surface area contributed by atoms with E-state index >= 15 is 0 Å². The molecule has 0 aliphatic carbocycles. The highest BCUT2D eigenvalue weighted by Gasteiger charge is 2.13. The fourth-order valence-electron chi connectivity index (χ4n) is 6.26. The molecule has 0 atom stereocenters. The van der Waals surface area contributed by atoms with E-state index in [1.165, 1.54) is 89.0 Å². The lowest BCUT2D eigenvalue weighted by Crippen LogP contribution is -2.03. The first-order valence-corrected chi connectivity index (χ1v) is 13.7. The van der Waals surface area contributed by atoms with Gasteiger partial charge in [-0.15, -0.1) is 0 Å². The van der Waals surface area contributed by atoms with Crippen molar-refractivity contribution in [1.29, 1.82) is 0 Å². The van der Waals surface area contributed by atoms with Gasteiger partial charge in [-0.25, -0.2) is 0 Å². The molecule has 0 bridgehead atoms. The number of rotatable bonds is 6. The van der Waals surface area contributed by atoms with Crippen molar-refractivity contribution in [3.05, 3.63) is 138 Å². The SMILES string of the molecule is Cc1cc(C)c(Cc2cc(C)c(Cc3cc(C)c(Cc4cc(C)c(C)c(C)c4)c(C)c3)c(C)c2)c(C)c1. The lowest BCUT2D eigenvalue weighted by atomic mass is 9.87. The number of aryl methyl sites for hydroxylation is 9. The Kier molecular flexibility index (Phi) is 7.79. The zero-order valence-electron chi connectivity index (χ0n) is 24.7. The van der Waals surface area contributed by atoms with E-state index in [0.29, 0.717) is 0 Å². The molecule has 0 radical (unpaired) electrons. The van der Waals surface area contributed by atoms with Gasteiger partial charge in [-0.05, 0) is 172 Å². The molecule has 0 spiro atoms. The van der Waals surface area contributed by atoms with Crippen LogP contribution in [-0.2, 0) is 19.3 Å². The molecular formula is C37H44. The Labute approximate surface area is 225 Å². The zero-order chi connectivity index (χ0) is 27.0. The Balaban J connectivity index is 1.58. The summed E-state index contributed by atoms with van der Waals surface area (Å²) in [6.45, 7) is 22.5. The Bertz CT molecular complexity index is 1390. The van der Waals surface area contributed by atoms with Crippen LogP contribution in [0.1, 0.15) is 89.0 Å². The molecule has 0 nitrogen and oxygen atoms in total. The highest BCUT2D eigenvalue weighted by atomic mass is 14.2. The molecule has 0 unspecified atom stereocenters. The first-order valence-electron chi connectivity index (χ1n) is 13.7. The maximum absolute atomic E-state index is 2.42. The molecule has 0 aliphatic rings. The van der Waals surface area contributed by atoms with Gasteiger partial charge in [0, 0.05) is 0 Å². The highest BCUT2D eigenvalue weighted by Crippen LogP contribution is 2.28. The van der Waals surface area contributed by atoms with Crippen LogP contribution in [0, 0.1) is 69.2 Å². The molecule has 37 heavy (non-hydrogen) atoms. The molecule has 0 aliphatic heterocycles. The predicted octanol–water partition coefficient (Wildman–Crippen LogP) is 9.54. The average molecular weight is 489 g/mol. The van der Waals surface area contributed by atoms with Gasteiger partial charge in [0.15, 0.2) is 0 Å². The molecule has 0 aromatic heterocycles. The van der Waals surface area contributed by atoms with Crippen LogP contribution in [0.5, 0.6) is 0 Å². The van der Waals surface area contributed by atoms with Crippen LogP contribution in [0.4, 0.5) is 0 Å². The third-order valence-electron chi connectivity index (χ3n) is 8.48. The summed E-state index contributed by atoms with van der Waals surface area (Å²) in [6.07, 6.45) is 3.00. The molecule has 0 heteroatoms. The van der Waals surface area contributed by atoms with Gasteiger partial charge in [0.2, 0.25) is 0 Å². The minimum atomic E-state index is 0.991. The highest BCUT2D eigenvalue weighted by molar-refractivity contribution is 5.48. The number of hydrogen-bond acceptors (Lipinski definition) is 0. The van der Waals surface area contributed by atoms with Crippen LogP contribution in [-0.4, -0.2) is 0 Å². The second-order valence-corrected chi connectivity index (χ2v) is 11.7. The van der Waals surface area contributed by atoms with Gasteiger partial charge in [0.05, 0.1) is 0 Å². The molecule has 0 amide bonds. The molecule has 0 fully saturated rings. The number of benzene rings is 4. The van der Waals surface area contributed by atoms with Gasteiger partial charge >= 0.3 is 0 Å². The van der Waals surface area contributed by atoms with Crippen LogP contribution < -0.4 is 0 Å². The van der Waals surface area contributed by atoms with Crippen LogP contribution in [0.3, 0.4) is 0 Å². The summed E-state index contributed by atoms with van der Waals surface area (Å²) in [5.74, 6) is 0. The maximum Gasteiger partial charge on any atom is -0.00203 e. The van der Waals surface area contributed by atoms with Crippen LogP contribution in [0.15, 0.2) is 48.5 Å². The van der Waals surface area contributed by atoms with Crippen LogP contribution in [0.25, 0.3) is 0 Å². The molecular weight excluding hydrogens is 444 g/mol. The predicted molar refractivity (Wildman–Crippen MR) is 162 cm³/mol. The van der Waals surface area contributed by atoms with Gasteiger partial charge in [-0.2, -0.15) is 0 Å². The second kappa shape index (κ2) is 10.7. The smallest absolute Gasteiger partial charge is 0.00203 e. The first-order chi connectivity index (χ1) is 17.4. The third-order valence-corrected chi connectivity index (χ3v) is 8.48. The minimum Gasteiger partial charge on any atom is -0.0561 e. The number of hydrogen-bond donors (Lipinski definition) is 0. The monoisotopic (exact) mass is 488 g/mol. The van der Waals surface area contributed by atoms with Crippen molar-refractivity contribution in [1.82, 2.24) is 0 Å². The van der Waals surface area contributed by atoms with E-state index in [1.807, 2.05) is 0 Å². The van der Waals surface area contributed by atoms with Crippen molar-refractivity contribution in [2.75, 3.05) is 0 Å².